The average Bonchev–Trinajstić information content (AvgIpc) is 2.37. The second-order valence-corrected chi connectivity index (χ2v) is 6.07. The number of methoxy groups -OCH3 is 1. The van der Waals surface area contributed by atoms with Crippen molar-refractivity contribution in [3.8, 4) is 0 Å². The predicted molar refractivity (Wildman–Crippen MR) is 86.6 cm³/mol. The molecule has 0 aliphatic rings. The van der Waals surface area contributed by atoms with Crippen molar-refractivity contribution in [1.29, 1.82) is 0 Å². The maximum Gasteiger partial charge on any atom is 0.0885 e. The van der Waals surface area contributed by atoms with E-state index in [0.717, 1.165) is 44.2 Å². The summed E-state index contributed by atoms with van der Waals surface area (Å²) in [6.45, 7) is 3.60. The summed E-state index contributed by atoms with van der Waals surface area (Å²) < 4.78 is 7.20. The molecule has 2 aromatic rings. The lowest BCUT2D eigenvalue weighted by atomic mass is 10.1. The molecule has 1 heterocycles. The van der Waals surface area contributed by atoms with Crippen LogP contribution in [0.5, 0.6) is 0 Å². The van der Waals surface area contributed by atoms with E-state index in [1.54, 1.807) is 7.11 Å². The van der Waals surface area contributed by atoms with E-state index >= 15 is 0 Å². The fraction of sp³-hybridized carbons (Fsp3) is 0.357. The van der Waals surface area contributed by atoms with Crippen LogP contribution in [-0.2, 0) is 11.3 Å². The van der Waals surface area contributed by atoms with Crippen molar-refractivity contribution in [1.82, 2.24) is 4.98 Å². The molecular weight excluding hydrogens is 372 g/mol. The summed E-state index contributed by atoms with van der Waals surface area (Å²) in [4.78, 5) is 4.64. The summed E-state index contributed by atoms with van der Waals surface area (Å²) in [5, 5.41) is 4.56. The van der Waals surface area contributed by atoms with E-state index in [-0.39, 0.29) is 0 Å². The Bertz CT molecular complexity index is 587. The molecule has 0 saturated heterocycles. The predicted octanol–water partition coefficient (Wildman–Crippen LogP) is 4.73. The molecular formula is C14H16Br2N2O. The number of hydrogen-bond acceptors (Lipinski definition) is 3. The highest BCUT2D eigenvalue weighted by Crippen LogP contribution is 2.32. The molecule has 1 aromatic heterocycles. The van der Waals surface area contributed by atoms with E-state index in [1.807, 2.05) is 6.07 Å². The standard InChI is InChI=1S/C14H16Br2N2O/c1-3-4-17-13-7-10(8-19-2)18-14-11(13)5-9(15)6-12(14)16/h5-7H,3-4,8H2,1-2H3,(H,17,18). The minimum absolute atomic E-state index is 0.513. The van der Waals surface area contributed by atoms with Crippen molar-refractivity contribution in [2.75, 3.05) is 19.0 Å². The van der Waals surface area contributed by atoms with E-state index in [9.17, 15) is 0 Å². The van der Waals surface area contributed by atoms with Crippen molar-refractivity contribution in [2.45, 2.75) is 20.0 Å². The number of nitrogens with one attached hydrogen (secondary N) is 1. The molecule has 0 spiro atoms. The van der Waals surface area contributed by atoms with Crippen LogP contribution in [0.15, 0.2) is 27.1 Å². The quantitative estimate of drug-likeness (QED) is 0.805. The van der Waals surface area contributed by atoms with Crippen LogP contribution < -0.4 is 5.32 Å². The molecule has 2 rings (SSSR count). The largest absolute Gasteiger partial charge is 0.384 e. The zero-order chi connectivity index (χ0) is 13.8. The van der Waals surface area contributed by atoms with Gasteiger partial charge in [-0.05, 0) is 40.5 Å². The summed E-state index contributed by atoms with van der Waals surface area (Å²) in [6, 6.07) is 6.15. The number of rotatable bonds is 5. The van der Waals surface area contributed by atoms with Crippen LogP contribution in [0.25, 0.3) is 10.9 Å². The van der Waals surface area contributed by atoms with Crippen molar-refractivity contribution < 1.29 is 4.74 Å². The molecule has 0 radical (unpaired) electrons. The zero-order valence-electron chi connectivity index (χ0n) is 11.0. The molecule has 0 aliphatic carbocycles. The van der Waals surface area contributed by atoms with Gasteiger partial charge in [0.15, 0.2) is 0 Å². The van der Waals surface area contributed by atoms with Gasteiger partial charge >= 0.3 is 0 Å². The van der Waals surface area contributed by atoms with Crippen molar-refractivity contribution >= 4 is 48.5 Å². The molecule has 0 aliphatic heterocycles. The van der Waals surface area contributed by atoms with Gasteiger partial charge in [-0.2, -0.15) is 0 Å². The lowest BCUT2D eigenvalue weighted by molar-refractivity contribution is 0.182. The van der Waals surface area contributed by atoms with Gasteiger partial charge in [-0.25, -0.2) is 4.98 Å². The fourth-order valence-corrected chi connectivity index (χ4v) is 3.25. The van der Waals surface area contributed by atoms with Crippen LogP contribution in [0, 0.1) is 0 Å². The van der Waals surface area contributed by atoms with Gasteiger partial charge < -0.3 is 10.1 Å². The second-order valence-electron chi connectivity index (χ2n) is 4.30. The van der Waals surface area contributed by atoms with Crippen molar-refractivity contribution in [3.05, 3.63) is 32.8 Å². The number of nitrogens with zero attached hydrogens (tertiary/aromatic N) is 1. The normalized spacial score (nSPS) is 10.9. The molecule has 5 heteroatoms. The third-order valence-electron chi connectivity index (χ3n) is 2.74. The first-order valence-corrected chi connectivity index (χ1v) is 7.75. The summed E-state index contributed by atoms with van der Waals surface area (Å²) in [5.74, 6) is 0. The molecule has 1 N–H and O–H groups in total. The summed E-state index contributed by atoms with van der Waals surface area (Å²) in [7, 11) is 1.68. The number of fused-ring (bicyclic) bond motifs is 1. The smallest absolute Gasteiger partial charge is 0.0885 e. The Hall–Kier alpha value is -0.650. The number of anilines is 1. The zero-order valence-corrected chi connectivity index (χ0v) is 14.1. The SMILES string of the molecule is CCCNc1cc(COC)nc2c(Br)cc(Br)cc12. The number of ether oxygens (including phenoxy) is 1. The number of halogens is 2. The van der Waals surface area contributed by atoms with Crippen molar-refractivity contribution in [2.24, 2.45) is 0 Å². The van der Waals surface area contributed by atoms with Crippen molar-refractivity contribution in [3.63, 3.8) is 0 Å². The first-order chi connectivity index (χ1) is 9.15. The van der Waals surface area contributed by atoms with Gasteiger partial charge in [0.2, 0.25) is 0 Å². The number of hydrogen-bond donors (Lipinski definition) is 1. The lowest BCUT2D eigenvalue weighted by Gasteiger charge is -2.12. The average molecular weight is 388 g/mol. The topological polar surface area (TPSA) is 34.1 Å². The Morgan fingerprint density at radius 3 is 2.74 bits per heavy atom. The fourth-order valence-electron chi connectivity index (χ4n) is 1.93. The van der Waals surface area contributed by atoms with Gasteiger partial charge in [-0.3, -0.25) is 0 Å². The molecule has 0 saturated carbocycles. The van der Waals surface area contributed by atoms with Gasteiger partial charge in [0, 0.05) is 33.7 Å². The Balaban J connectivity index is 2.60. The minimum atomic E-state index is 0.513. The molecule has 0 bridgehead atoms. The number of aromatic nitrogens is 1. The number of benzene rings is 1. The first-order valence-electron chi connectivity index (χ1n) is 6.17. The molecule has 102 valence electrons. The van der Waals surface area contributed by atoms with Gasteiger partial charge in [-0.15, -0.1) is 0 Å². The minimum Gasteiger partial charge on any atom is -0.384 e. The Labute approximate surface area is 130 Å². The highest BCUT2D eigenvalue weighted by Gasteiger charge is 2.09. The molecule has 1 aromatic carbocycles. The third kappa shape index (κ3) is 3.46. The number of pyridine rings is 1. The van der Waals surface area contributed by atoms with Crippen LogP contribution in [0.2, 0.25) is 0 Å². The Morgan fingerprint density at radius 2 is 2.05 bits per heavy atom. The maximum atomic E-state index is 5.19. The van der Waals surface area contributed by atoms with Crippen LogP contribution in [-0.4, -0.2) is 18.6 Å². The first kappa shape index (κ1) is 14.8. The molecule has 0 unspecified atom stereocenters. The molecule has 0 fully saturated rings. The van der Waals surface area contributed by atoms with Gasteiger partial charge in [-0.1, -0.05) is 22.9 Å². The van der Waals surface area contributed by atoms with Crippen LogP contribution in [0.1, 0.15) is 19.0 Å². The summed E-state index contributed by atoms with van der Waals surface area (Å²) in [5.41, 5.74) is 2.98. The van der Waals surface area contributed by atoms with E-state index in [2.05, 4.69) is 61.2 Å². The molecule has 0 amide bonds. The highest BCUT2D eigenvalue weighted by molar-refractivity contribution is 9.11. The van der Waals surface area contributed by atoms with Crippen LogP contribution >= 0.6 is 31.9 Å². The van der Waals surface area contributed by atoms with E-state index in [0.29, 0.717) is 6.61 Å². The molecule has 0 atom stereocenters. The van der Waals surface area contributed by atoms with Gasteiger partial charge in [0.05, 0.1) is 17.8 Å². The van der Waals surface area contributed by atoms with Gasteiger partial charge in [0.1, 0.15) is 0 Å². The Morgan fingerprint density at radius 1 is 1.26 bits per heavy atom. The second kappa shape index (κ2) is 6.68. The molecule has 3 nitrogen and oxygen atoms in total. The van der Waals surface area contributed by atoms with E-state index in [4.69, 9.17) is 4.74 Å². The van der Waals surface area contributed by atoms with Crippen LogP contribution in [0.4, 0.5) is 5.69 Å². The van der Waals surface area contributed by atoms with E-state index < -0.39 is 0 Å². The monoisotopic (exact) mass is 386 g/mol. The third-order valence-corrected chi connectivity index (χ3v) is 3.80. The van der Waals surface area contributed by atoms with Crippen LogP contribution in [0.3, 0.4) is 0 Å². The Kier molecular flexibility index (Phi) is 5.19. The highest BCUT2D eigenvalue weighted by atomic mass is 79.9. The van der Waals surface area contributed by atoms with E-state index in [1.165, 1.54) is 0 Å². The summed E-state index contributed by atoms with van der Waals surface area (Å²) >= 11 is 7.10. The van der Waals surface area contributed by atoms with Gasteiger partial charge in [0.25, 0.3) is 0 Å². The lowest BCUT2D eigenvalue weighted by Crippen LogP contribution is -2.03. The summed E-state index contributed by atoms with van der Waals surface area (Å²) in [6.07, 6.45) is 1.08. The maximum absolute atomic E-state index is 5.19. The molecule has 19 heavy (non-hydrogen) atoms.